The molecule has 0 aromatic heterocycles. The predicted molar refractivity (Wildman–Crippen MR) is 173 cm³/mol. The van der Waals surface area contributed by atoms with Gasteiger partial charge in [-0.25, -0.2) is 21.6 Å². The first-order valence-corrected chi connectivity index (χ1v) is 18.7. The largest absolute Gasteiger partial charge is 0.460 e. The van der Waals surface area contributed by atoms with Crippen LogP contribution in [0.25, 0.3) is 0 Å². The first-order valence-electron chi connectivity index (χ1n) is 15.8. The van der Waals surface area contributed by atoms with Crippen LogP contribution in [0, 0.1) is 17.0 Å². The molecule has 0 heterocycles. The van der Waals surface area contributed by atoms with Gasteiger partial charge in [-0.3, -0.25) is 10.1 Å². The molecular formula is C31H28F17N3O7S2. The lowest BCUT2D eigenvalue weighted by molar-refractivity contribution is -0.461. The second kappa shape index (κ2) is 17.7. The number of nitro benzene ring substituents is 1. The summed E-state index contributed by atoms with van der Waals surface area (Å²) in [6.07, 6.45) is -8.76. The van der Waals surface area contributed by atoms with Gasteiger partial charge in [-0.15, -0.1) is 0 Å². The third-order valence-electron chi connectivity index (χ3n) is 7.95. The maximum atomic E-state index is 14.8. The fraction of sp³-hybridized carbons (Fsp3) is 0.484. The highest BCUT2D eigenvalue weighted by Gasteiger charge is 2.95. The van der Waals surface area contributed by atoms with Crippen molar-refractivity contribution in [1.82, 2.24) is 9.03 Å². The molecule has 0 amide bonds. The number of halogens is 17. The highest BCUT2D eigenvalue weighted by atomic mass is 32.2. The summed E-state index contributed by atoms with van der Waals surface area (Å²) < 4.78 is 292. The number of ether oxygens (including phenoxy) is 1. The van der Waals surface area contributed by atoms with Gasteiger partial charge in [0, 0.05) is 32.1 Å². The smallest absolute Gasteiger partial charge is 0.373 e. The molecule has 0 unspecified atom stereocenters. The van der Waals surface area contributed by atoms with Crippen LogP contribution in [0.15, 0.2) is 82.6 Å². The molecule has 0 radical (unpaired) electrons. The van der Waals surface area contributed by atoms with Crippen molar-refractivity contribution in [2.75, 3.05) is 32.8 Å². The molecule has 0 aliphatic heterocycles. The molecule has 60 heavy (non-hydrogen) atoms. The van der Waals surface area contributed by atoms with E-state index in [0.29, 0.717) is 5.56 Å². The molecule has 0 bridgehead atoms. The average molecular weight is 942 g/mol. The van der Waals surface area contributed by atoms with Gasteiger partial charge in [-0.2, -0.15) is 78.9 Å². The molecule has 0 atom stereocenters. The van der Waals surface area contributed by atoms with Crippen molar-refractivity contribution in [1.29, 1.82) is 0 Å². The number of alkyl halides is 17. The Hall–Kier alpha value is -4.09. The first-order chi connectivity index (χ1) is 26.9. The Morgan fingerprint density at radius 1 is 0.750 bits per heavy atom. The second-order valence-corrected chi connectivity index (χ2v) is 16.0. The van der Waals surface area contributed by atoms with Crippen molar-refractivity contribution in [2.45, 2.75) is 70.8 Å². The fourth-order valence-corrected chi connectivity index (χ4v) is 7.16. The summed E-state index contributed by atoms with van der Waals surface area (Å²) in [5.41, 5.74) is -0.864. The molecule has 0 aliphatic carbocycles. The number of nitro groups is 1. The van der Waals surface area contributed by atoms with Crippen LogP contribution < -0.4 is 4.72 Å². The van der Waals surface area contributed by atoms with Gasteiger partial charge in [0.1, 0.15) is 0 Å². The van der Waals surface area contributed by atoms with Gasteiger partial charge in [0.05, 0.1) is 23.0 Å². The number of aryl methyl sites for hydroxylation is 1. The van der Waals surface area contributed by atoms with E-state index in [9.17, 15) is 102 Å². The molecule has 0 spiro atoms. The number of para-hydroxylation sites is 1. The van der Waals surface area contributed by atoms with E-state index >= 15 is 0 Å². The van der Waals surface area contributed by atoms with Crippen molar-refractivity contribution >= 4 is 25.7 Å². The molecular weight excluding hydrogens is 913 g/mol. The summed E-state index contributed by atoms with van der Waals surface area (Å²) in [6.45, 7) is -0.403. The van der Waals surface area contributed by atoms with Gasteiger partial charge in [-0.1, -0.05) is 48.6 Å². The molecule has 340 valence electrons. The molecule has 29 heteroatoms. The quantitative estimate of drug-likeness (QED) is 0.0412. The summed E-state index contributed by atoms with van der Waals surface area (Å²) in [7, 11) is -9.66. The highest BCUT2D eigenvalue weighted by molar-refractivity contribution is 7.89. The summed E-state index contributed by atoms with van der Waals surface area (Å²) in [4.78, 5) is 8.63. The van der Waals surface area contributed by atoms with Crippen LogP contribution in [0.3, 0.4) is 0 Å². The zero-order valence-electron chi connectivity index (χ0n) is 29.7. The number of nitrogens with zero attached hydrogens (tertiary/aromatic N) is 2. The van der Waals surface area contributed by atoms with E-state index in [2.05, 4.69) is 6.58 Å². The minimum absolute atomic E-state index is 0.219. The Balaban J connectivity index is 2.31. The molecule has 2 rings (SSSR count). The molecule has 0 saturated carbocycles. The molecule has 10 nitrogen and oxygen atoms in total. The zero-order chi connectivity index (χ0) is 46.8. The molecule has 2 aromatic carbocycles. The van der Waals surface area contributed by atoms with Crippen molar-refractivity contribution < 1.29 is 101 Å². The van der Waals surface area contributed by atoms with E-state index in [4.69, 9.17) is 4.74 Å². The number of hydrogen-bond donors (Lipinski definition) is 1. The van der Waals surface area contributed by atoms with Gasteiger partial charge in [-0.05, 0) is 30.7 Å². The SMILES string of the molecule is C=C(COC/C=C\CNS(=O)(=O)c1ccccc1[N+](=O)[O-])CN(CCC(F)(F)C(F)(F)C(F)(F)C(F)(F)C(F)(F)C(F)(F)C(F)(F)C(F)(F)F)S(=O)(=O)c1ccc(C)cc1. The summed E-state index contributed by atoms with van der Waals surface area (Å²) >= 11 is 0. The zero-order valence-corrected chi connectivity index (χ0v) is 31.4. The van der Waals surface area contributed by atoms with Crippen LogP contribution in [0.4, 0.5) is 80.3 Å². The first kappa shape index (κ1) is 52.0. The van der Waals surface area contributed by atoms with Gasteiger partial charge < -0.3 is 4.74 Å². The number of hydrogen-bond acceptors (Lipinski definition) is 7. The number of sulfonamides is 2. The lowest BCUT2D eigenvalue weighted by Crippen LogP contribution is -2.74. The molecule has 1 N–H and O–H groups in total. The number of nitrogens with one attached hydrogen (secondary N) is 1. The maximum absolute atomic E-state index is 14.8. The molecule has 2 aromatic rings. The summed E-state index contributed by atoms with van der Waals surface area (Å²) in [5.74, 6) is -58.1. The summed E-state index contributed by atoms with van der Waals surface area (Å²) in [5, 5.41) is 11.1. The van der Waals surface area contributed by atoms with Crippen LogP contribution in [0.1, 0.15) is 12.0 Å². The van der Waals surface area contributed by atoms with Gasteiger partial charge >= 0.3 is 47.6 Å². The van der Waals surface area contributed by atoms with Crippen molar-refractivity contribution in [3.05, 3.63) is 88.5 Å². The van der Waals surface area contributed by atoms with Crippen LogP contribution in [0.5, 0.6) is 0 Å². The van der Waals surface area contributed by atoms with Crippen LogP contribution in [-0.4, -0.2) is 107 Å². The molecule has 0 fully saturated rings. The van der Waals surface area contributed by atoms with E-state index in [1.54, 1.807) is 0 Å². The minimum atomic E-state index is -8.82. The average Bonchev–Trinajstić information content (AvgIpc) is 3.11. The van der Waals surface area contributed by atoms with E-state index < -0.39 is 133 Å². The Kier molecular flexibility index (Phi) is 15.4. The molecule has 0 aliphatic rings. The third kappa shape index (κ3) is 9.99. The van der Waals surface area contributed by atoms with Crippen LogP contribution in [0.2, 0.25) is 0 Å². The monoisotopic (exact) mass is 941 g/mol. The Labute approximate surface area is 327 Å². The van der Waals surface area contributed by atoms with E-state index in [-0.39, 0.29) is 4.31 Å². The van der Waals surface area contributed by atoms with Crippen molar-refractivity contribution in [2.24, 2.45) is 0 Å². The highest BCUT2D eigenvalue weighted by Crippen LogP contribution is 2.64. The van der Waals surface area contributed by atoms with Gasteiger partial charge in [0.15, 0.2) is 4.90 Å². The minimum Gasteiger partial charge on any atom is -0.373 e. The normalized spacial score (nSPS) is 14.6. The standard InChI is InChI=1S/C31H28F17N3O7S2/c1-19-9-11-21(12-10-19)60(56,57)50(17-20(2)18-58-16-6-5-14-49-59(54,55)23-8-4-3-7-22(23)51(52)53)15-13-24(32,33)25(34,35)26(36,37)27(38,39)28(40,41)29(42,43)30(44,45)31(46,47)48/h3-12,49H,2,13-18H2,1H3/b6-5-. The Morgan fingerprint density at radius 2 is 1.23 bits per heavy atom. The van der Waals surface area contributed by atoms with Gasteiger partial charge in [0.25, 0.3) is 5.69 Å². The Bertz CT molecular complexity index is 2110. The predicted octanol–water partition coefficient (Wildman–Crippen LogP) is 8.40. The lowest BCUT2D eigenvalue weighted by Gasteiger charge is -2.43. The van der Waals surface area contributed by atoms with E-state index in [1.807, 2.05) is 4.72 Å². The van der Waals surface area contributed by atoms with E-state index in [1.165, 1.54) is 19.1 Å². The van der Waals surface area contributed by atoms with Gasteiger partial charge in [0.2, 0.25) is 20.0 Å². The maximum Gasteiger partial charge on any atom is 0.460 e. The Morgan fingerprint density at radius 3 is 1.73 bits per heavy atom. The van der Waals surface area contributed by atoms with Crippen LogP contribution >= 0.6 is 0 Å². The van der Waals surface area contributed by atoms with Crippen LogP contribution in [-0.2, 0) is 24.8 Å². The molecule has 0 saturated heterocycles. The number of rotatable bonds is 22. The van der Waals surface area contributed by atoms with Crippen molar-refractivity contribution in [3.63, 3.8) is 0 Å². The number of benzene rings is 2. The second-order valence-electron chi connectivity index (χ2n) is 12.4. The van der Waals surface area contributed by atoms with E-state index in [0.717, 1.165) is 48.6 Å². The summed E-state index contributed by atoms with van der Waals surface area (Å²) in [6, 6.07) is 8.04. The third-order valence-corrected chi connectivity index (χ3v) is 11.3. The lowest BCUT2D eigenvalue weighted by atomic mass is 9.88. The fourth-order valence-electron chi connectivity index (χ4n) is 4.55. The topological polar surface area (TPSA) is 136 Å². The van der Waals surface area contributed by atoms with Crippen molar-refractivity contribution in [3.8, 4) is 0 Å².